The number of nitrogens with zero attached hydrogens (tertiary/aromatic N) is 6. The van der Waals surface area contributed by atoms with Crippen molar-refractivity contribution in [1.82, 2.24) is 19.6 Å². The highest BCUT2D eigenvalue weighted by Crippen LogP contribution is 2.34. The fraction of sp³-hybridized carbons (Fsp3) is 0.259. The number of hydrogen-bond donors (Lipinski definition) is 0. The third-order valence-corrected chi connectivity index (χ3v) is 6.64. The molecule has 1 aromatic heterocycles. The van der Waals surface area contributed by atoms with Crippen molar-refractivity contribution in [3.8, 4) is 6.07 Å². The summed E-state index contributed by atoms with van der Waals surface area (Å²) in [7, 11) is 0. The van der Waals surface area contributed by atoms with E-state index in [-0.39, 0.29) is 41.8 Å². The standard InChI is InChI=1S/C27H23F3N6O2/c28-27(29,30)22-8-4-7-20(15-22)23-9-10-35(25-21(16-31)17-32-36(23)25)24(37)18-33-11-13-34(14-12-33)26(38)19-5-2-1-3-6-19/h1-9,15,17H,10-14,18H2. The van der Waals surface area contributed by atoms with Crippen LogP contribution in [0, 0.1) is 11.3 Å². The lowest BCUT2D eigenvalue weighted by Crippen LogP contribution is -2.52. The van der Waals surface area contributed by atoms with E-state index in [1.165, 1.54) is 27.9 Å². The number of carbonyl (C=O) groups is 2. The second kappa shape index (κ2) is 10.1. The molecule has 0 bridgehead atoms. The van der Waals surface area contributed by atoms with Gasteiger partial charge in [0.05, 0.1) is 24.0 Å². The first-order valence-corrected chi connectivity index (χ1v) is 12.0. The molecule has 0 radical (unpaired) electrons. The number of alkyl halides is 3. The molecule has 2 aliphatic rings. The first-order valence-electron chi connectivity index (χ1n) is 12.0. The minimum atomic E-state index is -4.51. The number of aromatic nitrogens is 2. The average Bonchev–Trinajstić information content (AvgIpc) is 3.37. The molecule has 3 heterocycles. The van der Waals surface area contributed by atoms with Crippen LogP contribution in [-0.4, -0.2) is 70.7 Å². The smallest absolute Gasteiger partial charge is 0.336 e. The Balaban J connectivity index is 1.30. The Morgan fingerprint density at radius 3 is 2.42 bits per heavy atom. The monoisotopic (exact) mass is 520 g/mol. The van der Waals surface area contributed by atoms with Crippen molar-refractivity contribution < 1.29 is 22.8 Å². The molecule has 2 amide bonds. The van der Waals surface area contributed by atoms with Crippen molar-refractivity contribution >= 4 is 23.3 Å². The number of halogens is 3. The molecule has 5 rings (SSSR count). The van der Waals surface area contributed by atoms with Crippen LogP contribution in [0.4, 0.5) is 19.0 Å². The van der Waals surface area contributed by atoms with Crippen LogP contribution >= 0.6 is 0 Å². The van der Waals surface area contributed by atoms with Crippen molar-refractivity contribution in [2.75, 3.05) is 44.2 Å². The molecule has 0 saturated carbocycles. The van der Waals surface area contributed by atoms with Gasteiger partial charge < -0.3 is 4.90 Å². The van der Waals surface area contributed by atoms with E-state index in [9.17, 15) is 28.0 Å². The number of nitriles is 1. The first kappa shape index (κ1) is 25.2. The fourth-order valence-corrected chi connectivity index (χ4v) is 4.67. The lowest BCUT2D eigenvalue weighted by atomic mass is 10.1. The molecule has 0 N–H and O–H groups in total. The summed E-state index contributed by atoms with van der Waals surface area (Å²) in [6, 6.07) is 15.9. The Morgan fingerprint density at radius 1 is 1.00 bits per heavy atom. The van der Waals surface area contributed by atoms with Gasteiger partial charge in [-0.3, -0.25) is 19.4 Å². The predicted octanol–water partition coefficient (Wildman–Crippen LogP) is 3.47. The van der Waals surface area contributed by atoms with Crippen molar-refractivity contribution in [2.24, 2.45) is 0 Å². The Labute approximate surface area is 216 Å². The van der Waals surface area contributed by atoms with E-state index < -0.39 is 11.7 Å². The number of rotatable bonds is 4. The highest BCUT2D eigenvalue weighted by molar-refractivity contribution is 5.98. The largest absolute Gasteiger partial charge is 0.416 e. The van der Waals surface area contributed by atoms with E-state index in [4.69, 9.17) is 0 Å². The van der Waals surface area contributed by atoms with Gasteiger partial charge in [-0.1, -0.05) is 30.3 Å². The van der Waals surface area contributed by atoms with Crippen LogP contribution in [0.3, 0.4) is 0 Å². The summed E-state index contributed by atoms with van der Waals surface area (Å²) in [5.74, 6) is -0.0989. The number of carbonyl (C=O) groups excluding carboxylic acids is 2. The molecule has 38 heavy (non-hydrogen) atoms. The van der Waals surface area contributed by atoms with Gasteiger partial charge in [0.2, 0.25) is 5.91 Å². The minimum Gasteiger partial charge on any atom is -0.336 e. The van der Waals surface area contributed by atoms with Gasteiger partial charge in [0, 0.05) is 43.9 Å². The Morgan fingerprint density at radius 2 is 1.74 bits per heavy atom. The van der Waals surface area contributed by atoms with Crippen molar-refractivity contribution in [1.29, 1.82) is 5.26 Å². The summed E-state index contributed by atoms with van der Waals surface area (Å²) >= 11 is 0. The number of benzene rings is 2. The first-order chi connectivity index (χ1) is 18.3. The maximum absolute atomic E-state index is 13.3. The third-order valence-electron chi connectivity index (χ3n) is 6.64. The zero-order valence-corrected chi connectivity index (χ0v) is 20.2. The molecule has 1 fully saturated rings. The minimum absolute atomic E-state index is 0.0533. The molecule has 0 unspecified atom stereocenters. The van der Waals surface area contributed by atoms with Gasteiger partial charge in [-0.15, -0.1) is 0 Å². The highest BCUT2D eigenvalue weighted by atomic mass is 19.4. The number of piperazine rings is 1. The van der Waals surface area contributed by atoms with E-state index in [1.807, 2.05) is 29.2 Å². The topological polar surface area (TPSA) is 85.5 Å². The number of amides is 2. The van der Waals surface area contributed by atoms with E-state index >= 15 is 0 Å². The molecule has 2 aromatic carbocycles. The lowest BCUT2D eigenvalue weighted by Gasteiger charge is -2.36. The maximum Gasteiger partial charge on any atom is 0.416 e. The third kappa shape index (κ3) is 4.90. The Kier molecular flexibility index (Phi) is 6.73. The summed E-state index contributed by atoms with van der Waals surface area (Å²) in [6.07, 6.45) is -1.57. The quantitative estimate of drug-likeness (QED) is 0.526. The molecule has 3 aromatic rings. The van der Waals surface area contributed by atoms with Crippen molar-refractivity contribution in [3.63, 3.8) is 0 Å². The molecule has 11 heteroatoms. The van der Waals surface area contributed by atoms with Gasteiger partial charge in [0.25, 0.3) is 5.91 Å². The van der Waals surface area contributed by atoms with Crippen LogP contribution in [0.15, 0.2) is 66.9 Å². The molecule has 194 valence electrons. The predicted molar refractivity (Wildman–Crippen MR) is 133 cm³/mol. The summed E-state index contributed by atoms with van der Waals surface area (Å²) in [4.78, 5) is 31.2. The van der Waals surface area contributed by atoms with Crippen LogP contribution in [-0.2, 0) is 11.0 Å². The second-order valence-electron chi connectivity index (χ2n) is 9.01. The van der Waals surface area contributed by atoms with Gasteiger partial charge >= 0.3 is 6.18 Å². The zero-order chi connectivity index (χ0) is 26.9. The lowest BCUT2D eigenvalue weighted by molar-refractivity contribution is -0.137. The van der Waals surface area contributed by atoms with Gasteiger partial charge in [-0.05, 0) is 30.3 Å². The Hall–Kier alpha value is -4.43. The van der Waals surface area contributed by atoms with Gasteiger partial charge in [0.1, 0.15) is 11.6 Å². The van der Waals surface area contributed by atoms with E-state index in [1.54, 1.807) is 23.1 Å². The molecule has 1 saturated heterocycles. The molecule has 0 spiro atoms. The summed E-state index contributed by atoms with van der Waals surface area (Å²) < 4.78 is 41.2. The number of hydrogen-bond acceptors (Lipinski definition) is 5. The highest BCUT2D eigenvalue weighted by Gasteiger charge is 2.33. The molecule has 0 atom stereocenters. The average molecular weight is 521 g/mol. The molecule has 2 aliphatic heterocycles. The maximum atomic E-state index is 13.3. The van der Waals surface area contributed by atoms with E-state index in [2.05, 4.69) is 5.10 Å². The molecule has 8 nitrogen and oxygen atoms in total. The van der Waals surface area contributed by atoms with E-state index in [0.29, 0.717) is 37.4 Å². The second-order valence-corrected chi connectivity index (χ2v) is 9.01. The fourth-order valence-electron chi connectivity index (χ4n) is 4.67. The van der Waals surface area contributed by atoms with Crippen LogP contribution in [0.1, 0.15) is 27.0 Å². The summed E-state index contributed by atoms with van der Waals surface area (Å²) in [5, 5.41) is 13.8. The van der Waals surface area contributed by atoms with Crippen LogP contribution in [0.5, 0.6) is 0 Å². The zero-order valence-electron chi connectivity index (χ0n) is 20.2. The molecular weight excluding hydrogens is 497 g/mol. The number of fused-ring (bicyclic) bond motifs is 1. The summed E-state index contributed by atoms with van der Waals surface area (Å²) in [6.45, 7) is 2.11. The van der Waals surface area contributed by atoms with Crippen LogP contribution in [0.2, 0.25) is 0 Å². The van der Waals surface area contributed by atoms with Gasteiger partial charge in [-0.2, -0.15) is 23.5 Å². The van der Waals surface area contributed by atoms with Crippen molar-refractivity contribution in [3.05, 3.63) is 89.1 Å². The van der Waals surface area contributed by atoms with Crippen LogP contribution < -0.4 is 4.90 Å². The normalized spacial score (nSPS) is 16.0. The molecule has 0 aliphatic carbocycles. The Bertz CT molecular complexity index is 1430. The van der Waals surface area contributed by atoms with Gasteiger partial charge in [-0.25, -0.2) is 4.68 Å². The SMILES string of the molecule is N#Cc1cnn2c1N(C(=O)CN1CCN(C(=O)c3ccccc3)CC1)CC=C2c1cccc(C(F)(F)F)c1. The van der Waals surface area contributed by atoms with Crippen LogP contribution in [0.25, 0.3) is 5.70 Å². The van der Waals surface area contributed by atoms with Gasteiger partial charge in [0.15, 0.2) is 5.82 Å². The van der Waals surface area contributed by atoms with E-state index in [0.717, 1.165) is 12.1 Å². The summed E-state index contributed by atoms with van der Waals surface area (Å²) in [5.41, 5.74) is 0.610. The number of anilines is 1. The van der Waals surface area contributed by atoms with Crippen molar-refractivity contribution in [2.45, 2.75) is 6.18 Å². The molecular formula is C27H23F3N6O2.